The highest BCUT2D eigenvalue weighted by molar-refractivity contribution is 7.22. The molecule has 1 aromatic heterocycles. The van der Waals surface area contributed by atoms with E-state index < -0.39 is 10.8 Å². The van der Waals surface area contributed by atoms with Gasteiger partial charge in [-0.05, 0) is 30.7 Å². The van der Waals surface area contributed by atoms with Gasteiger partial charge in [0.05, 0.1) is 16.7 Å². The smallest absolute Gasteiger partial charge is 0.282 e. The minimum absolute atomic E-state index is 0.125. The van der Waals surface area contributed by atoms with Crippen LogP contribution in [0, 0.1) is 17.0 Å². The maximum absolute atomic E-state index is 12.5. The molecule has 3 aromatic rings. The lowest BCUT2D eigenvalue weighted by molar-refractivity contribution is -0.385. The zero-order chi connectivity index (χ0) is 18.1. The molecule has 1 amide bonds. The van der Waals surface area contributed by atoms with Gasteiger partial charge >= 0.3 is 0 Å². The highest BCUT2D eigenvalue weighted by Crippen LogP contribution is 2.35. The van der Waals surface area contributed by atoms with Crippen LogP contribution in [0.3, 0.4) is 0 Å². The molecule has 0 fully saturated rings. The normalized spacial score (nSPS) is 10.7. The number of benzene rings is 2. The summed E-state index contributed by atoms with van der Waals surface area (Å²) < 4.78 is 6.15. The van der Waals surface area contributed by atoms with Crippen molar-refractivity contribution in [2.24, 2.45) is 0 Å². The molecular formula is C16H12ClN3O4S. The number of aromatic nitrogens is 1. The van der Waals surface area contributed by atoms with E-state index in [-0.39, 0.29) is 16.3 Å². The predicted octanol–water partition coefficient (Wildman–Crippen LogP) is 4.43. The first-order valence-corrected chi connectivity index (χ1v) is 8.29. The van der Waals surface area contributed by atoms with Crippen LogP contribution >= 0.6 is 22.9 Å². The van der Waals surface area contributed by atoms with Crippen LogP contribution in [0.25, 0.3) is 10.2 Å². The Kier molecular flexibility index (Phi) is 4.56. The Labute approximate surface area is 151 Å². The summed E-state index contributed by atoms with van der Waals surface area (Å²) in [6.45, 7) is 1.92. The third kappa shape index (κ3) is 3.26. The summed E-state index contributed by atoms with van der Waals surface area (Å²) in [6, 6.07) is 7.51. The number of anilines is 1. The molecule has 0 bridgehead atoms. The largest absolute Gasteiger partial charge is 0.494 e. The Morgan fingerprint density at radius 1 is 1.36 bits per heavy atom. The van der Waals surface area contributed by atoms with E-state index in [2.05, 4.69) is 10.3 Å². The zero-order valence-electron chi connectivity index (χ0n) is 13.2. The standard InChI is InChI=1S/C16H12ClN3O4S/c1-8-3-6-12(24-2)13-14(8)25-16(18-13)19-15(21)10-7-9(17)4-5-11(10)20(22)23/h3-7H,1-2H3,(H,18,19,21). The minimum atomic E-state index is -0.648. The number of amides is 1. The number of ether oxygens (including phenoxy) is 1. The second kappa shape index (κ2) is 6.66. The van der Waals surface area contributed by atoms with Crippen molar-refractivity contribution in [3.05, 3.63) is 56.6 Å². The molecule has 0 saturated carbocycles. The molecule has 128 valence electrons. The summed E-state index contributed by atoms with van der Waals surface area (Å²) in [6.07, 6.45) is 0. The van der Waals surface area contributed by atoms with Crippen molar-refractivity contribution in [2.75, 3.05) is 12.4 Å². The first-order chi connectivity index (χ1) is 11.9. The third-order valence-corrected chi connectivity index (χ3v) is 4.88. The highest BCUT2D eigenvalue weighted by atomic mass is 35.5. The number of rotatable bonds is 4. The molecular weight excluding hydrogens is 366 g/mol. The lowest BCUT2D eigenvalue weighted by atomic mass is 10.1. The Balaban J connectivity index is 1.99. The Bertz CT molecular complexity index is 1000. The molecule has 0 saturated heterocycles. The van der Waals surface area contributed by atoms with Crippen LogP contribution < -0.4 is 10.1 Å². The van der Waals surface area contributed by atoms with Crippen molar-refractivity contribution < 1.29 is 14.5 Å². The van der Waals surface area contributed by atoms with E-state index in [0.29, 0.717) is 16.4 Å². The van der Waals surface area contributed by atoms with E-state index in [0.717, 1.165) is 10.3 Å². The summed E-state index contributed by atoms with van der Waals surface area (Å²) >= 11 is 7.13. The van der Waals surface area contributed by atoms with Gasteiger partial charge in [0, 0.05) is 11.1 Å². The molecule has 0 atom stereocenters. The number of nitro benzene ring substituents is 1. The zero-order valence-corrected chi connectivity index (χ0v) is 14.8. The number of thiazole rings is 1. The van der Waals surface area contributed by atoms with E-state index >= 15 is 0 Å². The molecule has 0 unspecified atom stereocenters. The number of nitrogens with one attached hydrogen (secondary N) is 1. The molecule has 0 aliphatic heterocycles. The summed E-state index contributed by atoms with van der Waals surface area (Å²) in [5, 5.41) is 14.3. The first kappa shape index (κ1) is 17.1. The second-order valence-corrected chi connectivity index (χ2v) is 6.59. The van der Waals surface area contributed by atoms with Gasteiger partial charge in [0.15, 0.2) is 5.13 Å². The maximum atomic E-state index is 12.5. The van der Waals surface area contributed by atoms with E-state index in [1.807, 2.05) is 13.0 Å². The van der Waals surface area contributed by atoms with Gasteiger partial charge in [0.2, 0.25) is 0 Å². The van der Waals surface area contributed by atoms with Crippen LogP contribution in [0.5, 0.6) is 5.75 Å². The minimum Gasteiger partial charge on any atom is -0.494 e. The molecule has 1 heterocycles. The van der Waals surface area contributed by atoms with Crippen molar-refractivity contribution in [2.45, 2.75) is 6.92 Å². The van der Waals surface area contributed by atoms with Crippen molar-refractivity contribution in [3.8, 4) is 5.75 Å². The summed E-state index contributed by atoms with van der Waals surface area (Å²) in [5.41, 5.74) is 1.17. The molecule has 9 heteroatoms. The van der Waals surface area contributed by atoms with Gasteiger partial charge in [-0.1, -0.05) is 29.0 Å². The van der Waals surface area contributed by atoms with E-state index in [4.69, 9.17) is 16.3 Å². The SMILES string of the molecule is COc1ccc(C)c2sc(NC(=O)c3cc(Cl)ccc3[N+](=O)[O-])nc12. The van der Waals surface area contributed by atoms with Gasteiger partial charge in [-0.2, -0.15) is 0 Å². The number of nitrogens with zero attached hydrogens (tertiary/aromatic N) is 2. The van der Waals surface area contributed by atoms with Crippen LogP contribution in [0.15, 0.2) is 30.3 Å². The number of methoxy groups -OCH3 is 1. The Hall–Kier alpha value is -2.71. The lowest BCUT2D eigenvalue weighted by Gasteiger charge is -2.03. The van der Waals surface area contributed by atoms with Crippen LogP contribution in [0.2, 0.25) is 5.02 Å². The average Bonchev–Trinajstić information content (AvgIpc) is 2.99. The van der Waals surface area contributed by atoms with E-state index in [1.54, 1.807) is 6.07 Å². The van der Waals surface area contributed by atoms with Gasteiger partial charge in [0.1, 0.15) is 16.8 Å². The van der Waals surface area contributed by atoms with Gasteiger partial charge in [-0.3, -0.25) is 20.2 Å². The molecule has 1 N–H and O–H groups in total. The predicted molar refractivity (Wildman–Crippen MR) is 97.0 cm³/mol. The summed E-state index contributed by atoms with van der Waals surface area (Å²) in [5.74, 6) is -0.0593. The van der Waals surface area contributed by atoms with Gasteiger partial charge in [-0.15, -0.1) is 0 Å². The van der Waals surface area contributed by atoms with Crippen LogP contribution in [-0.4, -0.2) is 22.9 Å². The quantitative estimate of drug-likeness (QED) is 0.536. The first-order valence-electron chi connectivity index (χ1n) is 7.10. The molecule has 0 aliphatic carbocycles. The lowest BCUT2D eigenvalue weighted by Crippen LogP contribution is -2.13. The maximum Gasteiger partial charge on any atom is 0.282 e. The number of fused-ring (bicyclic) bond motifs is 1. The monoisotopic (exact) mass is 377 g/mol. The van der Waals surface area contributed by atoms with E-state index in [9.17, 15) is 14.9 Å². The van der Waals surface area contributed by atoms with Crippen LogP contribution in [0.4, 0.5) is 10.8 Å². The molecule has 25 heavy (non-hydrogen) atoms. The van der Waals surface area contributed by atoms with Gasteiger partial charge < -0.3 is 4.74 Å². The molecule has 7 nitrogen and oxygen atoms in total. The van der Waals surface area contributed by atoms with Crippen LogP contribution in [-0.2, 0) is 0 Å². The fourth-order valence-corrected chi connectivity index (χ4v) is 3.46. The summed E-state index contributed by atoms with van der Waals surface area (Å²) in [7, 11) is 1.54. The fraction of sp³-hybridized carbons (Fsp3) is 0.125. The average molecular weight is 378 g/mol. The van der Waals surface area contributed by atoms with Crippen molar-refractivity contribution in [3.63, 3.8) is 0 Å². The Morgan fingerprint density at radius 3 is 2.80 bits per heavy atom. The highest BCUT2D eigenvalue weighted by Gasteiger charge is 2.22. The topological polar surface area (TPSA) is 94.4 Å². The summed E-state index contributed by atoms with van der Waals surface area (Å²) in [4.78, 5) is 27.3. The number of carbonyl (C=O) groups excluding carboxylic acids is 1. The van der Waals surface area contributed by atoms with Crippen molar-refractivity contribution in [1.82, 2.24) is 4.98 Å². The Morgan fingerprint density at radius 2 is 2.12 bits per heavy atom. The number of aryl methyl sites for hydroxylation is 1. The molecule has 2 aromatic carbocycles. The van der Waals surface area contributed by atoms with Gasteiger partial charge in [0.25, 0.3) is 11.6 Å². The second-order valence-electron chi connectivity index (χ2n) is 5.15. The number of carbonyl (C=O) groups is 1. The number of hydrogen-bond acceptors (Lipinski definition) is 6. The number of hydrogen-bond donors (Lipinski definition) is 1. The molecule has 0 aliphatic rings. The number of nitro groups is 1. The molecule has 0 radical (unpaired) electrons. The van der Waals surface area contributed by atoms with Crippen molar-refractivity contribution >= 4 is 49.9 Å². The van der Waals surface area contributed by atoms with E-state index in [1.165, 1.54) is 36.6 Å². The fourth-order valence-electron chi connectivity index (χ4n) is 2.34. The number of halogens is 1. The molecule has 0 spiro atoms. The van der Waals surface area contributed by atoms with Crippen molar-refractivity contribution in [1.29, 1.82) is 0 Å². The van der Waals surface area contributed by atoms with Crippen LogP contribution in [0.1, 0.15) is 15.9 Å². The third-order valence-electron chi connectivity index (χ3n) is 3.54. The molecule has 3 rings (SSSR count). The van der Waals surface area contributed by atoms with Gasteiger partial charge in [-0.25, -0.2) is 4.98 Å².